The van der Waals surface area contributed by atoms with Crippen molar-refractivity contribution in [1.82, 2.24) is 4.90 Å². The largest absolute Gasteiger partial charge is 0.497 e. The zero-order valence-electron chi connectivity index (χ0n) is 16.4. The molecule has 2 amide bonds. The van der Waals surface area contributed by atoms with Crippen molar-refractivity contribution in [3.63, 3.8) is 0 Å². The molecule has 1 heterocycles. The summed E-state index contributed by atoms with van der Waals surface area (Å²) < 4.78 is 21.5. The van der Waals surface area contributed by atoms with Gasteiger partial charge in [-0.05, 0) is 35.4 Å². The Balaban J connectivity index is 2.18. The van der Waals surface area contributed by atoms with Gasteiger partial charge in [0, 0.05) is 12.8 Å². The van der Waals surface area contributed by atoms with Gasteiger partial charge in [-0.3, -0.25) is 14.5 Å². The van der Waals surface area contributed by atoms with Crippen molar-refractivity contribution < 1.29 is 28.5 Å². The van der Waals surface area contributed by atoms with Crippen molar-refractivity contribution in [2.75, 3.05) is 28.4 Å². The summed E-state index contributed by atoms with van der Waals surface area (Å²) in [5.41, 5.74) is 1.46. The van der Waals surface area contributed by atoms with E-state index in [2.05, 4.69) is 0 Å². The van der Waals surface area contributed by atoms with Crippen LogP contribution in [0.5, 0.6) is 23.0 Å². The minimum atomic E-state index is -0.609. The molecule has 0 saturated carbocycles. The van der Waals surface area contributed by atoms with Crippen molar-refractivity contribution in [1.29, 1.82) is 0 Å². The van der Waals surface area contributed by atoms with Crippen LogP contribution in [-0.2, 0) is 9.59 Å². The summed E-state index contributed by atoms with van der Waals surface area (Å²) in [6, 6.07) is 10.2. The summed E-state index contributed by atoms with van der Waals surface area (Å²) >= 11 is 0. The van der Waals surface area contributed by atoms with Gasteiger partial charge in [0.1, 0.15) is 5.75 Å². The fourth-order valence-electron chi connectivity index (χ4n) is 3.42. The monoisotopic (exact) mass is 385 g/mol. The SMILES string of the molecule is COc1ccc(C(c2cc(OC)c(OC)c(OC)c2)N2C(=O)CCC2=O)cc1. The van der Waals surface area contributed by atoms with Gasteiger partial charge in [0.2, 0.25) is 17.6 Å². The first-order chi connectivity index (χ1) is 13.5. The average molecular weight is 385 g/mol. The number of likely N-dealkylation sites (tertiary alicyclic amines) is 1. The number of rotatable bonds is 7. The smallest absolute Gasteiger partial charge is 0.230 e. The number of carbonyl (C=O) groups excluding carboxylic acids is 2. The van der Waals surface area contributed by atoms with E-state index >= 15 is 0 Å². The Labute approximate surface area is 163 Å². The second kappa shape index (κ2) is 8.21. The van der Waals surface area contributed by atoms with Crippen LogP contribution in [0.15, 0.2) is 36.4 Å². The van der Waals surface area contributed by atoms with Gasteiger partial charge in [-0.25, -0.2) is 0 Å². The van der Waals surface area contributed by atoms with Gasteiger partial charge in [0.15, 0.2) is 11.5 Å². The van der Waals surface area contributed by atoms with Crippen LogP contribution in [0.2, 0.25) is 0 Å². The van der Waals surface area contributed by atoms with Gasteiger partial charge in [-0.1, -0.05) is 12.1 Å². The van der Waals surface area contributed by atoms with Crippen LogP contribution < -0.4 is 18.9 Å². The predicted molar refractivity (Wildman–Crippen MR) is 102 cm³/mol. The molecule has 1 atom stereocenters. The maximum Gasteiger partial charge on any atom is 0.230 e. The molecule has 1 unspecified atom stereocenters. The zero-order chi connectivity index (χ0) is 20.3. The Morgan fingerprint density at radius 1 is 0.750 bits per heavy atom. The molecule has 2 aromatic rings. The Hall–Kier alpha value is -3.22. The minimum absolute atomic E-state index is 0.204. The molecule has 0 spiro atoms. The van der Waals surface area contributed by atoms with E-state index in [1.807, 2.05) is 12.1 Å². The normalized spacial score (nSPS) is 14.8. The van der Waals surface area contributed by atoms with E-state index in [1.165, 1.54) is 26.2 Å². The standard InChI is InChI=1S/C21H23NO6/c1-25-15-7-5-13(6-8-15)20(22-18(23)9-10-19(22)24)14-11-16(26-2)21(28-4)17(12-14)27-3/h5-8,11-12,20H,9-10H2,1-4H3. The lowest BCUT2D eigenvalue weighted by molar-refractivity contribution is -0.140. The van der Waals surface area contributed by atoms with Gasteiger partial charge in [-0.2, -0.15) is 0 Å². The lowest BCUT2D eigenvalue weighted by Gasteiger charge is -2.28. The Morgan fingerprint density at radius 3 is 1.71 bits per heavy atom. The van der Waals surface area contributed by atoms with E-state index < -0.39 is 6.04 Å². The third-order valence-electron chi connectivity index (χ3n) is 4.78. The number of ether oxygens (including phenoxy) is 4. The van der Waals surface area contributed by atoms with Gasteiger partial charge < -0.3 is 18.9 Å². The molecule has 3 rings (SSSR count). The third kappa shape index (κ3) is 3.47. The van der Waals surface area contributed by atoms with Crippen LogP contribution in [0.1, 0.15) is 30.0 Å². The molecule has 0 N–H and O–H groups in total. The summed E-state index contributed by atoms with van der Waals surface area (Å²) in [7, 11) is 6.15. The predicted octanol–water partition coefficient (Wildman–Crippen LogP) is 2.96. The zero-order valence-corrected chi connectivity index (χ0v) is 16.4. The van der Waals surface area contributed by atoms with Crippen LogP contribution in [0, 0.1) is 0 Å². The number of imide groups is 1. The minimum Gasteiger partial charge on any atom is -0.497 e. The third-order valence-corrected chi connectivity index (χ3v) is 4.78. The van der Waals surface area contributed by atoms with E-state index in [1.54, 1.807) is 31.4 Å². The molecule has 1 aliphatic heterocycles. The van der Waals surface area contributed by atoms with Gasteiger partial charge in [0.05, 0.1) is 34.5 Å². The summed E-state index contributed by atoms with van der Waals surface area (Å²) in [6.45, 7) is 0. The summed E-state index contributed by atoms with van der Waals surface area (Å²) in [6.07, 6.45) is 0.409. The van der Waals surface area contributed by atoms with Crippen molar-refractivity contribution in [3.8, 4) is 23.0 Å². The quantitative estimate of drug-likeness (QED) is 0.682. The van der Waals surface area contributed by atoms with Crippen LogP contribution >= 0.6 is 0 Å². The molecule has 7 nitrogen and oxygen atoms in total. The summed E-state index contributed by atoms with van der Waals surface area (Å²) in [5.74, 6) is 1.62. The number of amides is 2. The topological polar surface area (TPSA) is 74.3 Å². The fourth-order valence-corrected chi connectivity index (χ4v) is 3.42. The van der Waals surface area contributed by atoms with Gasteiger partial charge >= 0.3 is 0 Å². The lowest BCUT2D eigenvalue weighted by atomic mass is 9.96. The molecule has 28 heavy (non-hydrogen) atoms. The second-order valence-corrected chi connectivity index (χ2v) is 6.29. The Bertz CT molecular complexity index is 836. The van der Waals surface area contributed by atoms with E-state index in [0.29, 0.717) is 28.6 Å². The highest BCUT2D eigenvalue weighted by atomic mass is 16.5. The first kappa shape index (κ1) is 19.5. The van der Waals surface area contributed by atoms with Gasteiger partial charge in [0.25, 0.3) is 0 Å². The Morgan fingerprint density at radius 2 is 1.29 bits per heavy atom. The van der Waals surface area contributed by atoms with E-state index in [4.69, 9.17) is 18.9 Å². The molecule has 0 aliphatic carbocycles. The van der Waals surface area contributed by atoms with Crippen LogP contribution in [0.25, 0.3) is 0 Å². The average Bonchev–Trinajstić information content (AvgIpc) is 3.06. The maximum atomic E-state index is 12.5. The number of carbonyl (C=O) groups is 2. The highest BCUT2D eigenvalue weighted by Gasteiger charge is 2.37. The number of hydrogen-bond acceptors (Lipinski definition) is 6. The number of hydrogen-bond donors (Lipinski definition) is 0. The maximum absolute atomic E-state index is 12.5. The lowest BCUT2D eigenvalue weighted by Crippen LogP contribution is -2.34. The molecule has 0 bridgehead atoms. The highest BCUT2D eigenvalue weighted by Crippen LogP contribution is 2.43. The second-order valence-electron chi connectivity index (χ2n) is 6.29. The molecule has 1 fully saturated rings. The van der Waals surface area contributed by atoms with Crippen LogP contribution in [-0.4, -0.2) is 45.2 Å². The first-order valence-corrected chi connectivity index (χ1v) is 8.82. The van der Waals surface area contributed by atoms with Crippen molar-refractivity contribution >= 4 is 11.8 Å². The number of benzene rings is 2. The molecule has 2 aromatic carbocycles. The van der Waals surface area contributed by atoms with E-state index in [-0.39, 0.29) is 24.7 Å². The molecule has 148 valence electrons. The summed E-state index contributed by atoms with van der Waals surface area (Å²) in [4.78, 5) is 26.4. The van der Waals surface area contributed by atoms with Crippen LogP contribution in [0.3, 0.4) is 0 Å². The van der Waals surface area contributed by atoms with Gasteiger partial charge in [-0.15, -0.1) is 0 Å². The first-order valence-electron chi connectivity index (χ1n) is 8.82. The molecule has 0 aromatic heterocycles. The highest BCUT2D eigenvalue weighted by molar-refractivity contribution is 6.02. The van der Waals surface area contributed by atoms with E-state index in [9.17, 15) is 9.59 Å². The van der Waals surface area contributed by atoms with Crippen LogP contribution in [0.4, 0.5) is 0 Å². The van der Waals surface area contributed by atoms with Crippen molar-refractivity contribution in [3.05, 3.63) is 47.5 Å². The molecule has 1 saturated heterocycles. The number of methoxy groups -OCH3 is 4. The molecule has 7 heteroatoms. The van der Waals surface area contributed by atoms with Crippen molar-refractivity contribution in [2.24, 2.45) is 0 Å². The van der Waals surface area contributed by atoms with E-state index in [0.717, 1.165) is 5.56 Å². The Kier molecular flexibility index (Phi) is 5.73. The number of nitrogens with zero attached hydrogens (tertiary/aromatic N) is 1. The summed E-state index contributed by atoms with van der Waals surface area (Å²) in [5, 5.41) is 0. The fraction of sp³-hybridized carbons (Fsp3) is 0.333. The molecule has 1 aliphatic rings. The molecular weight excluding hydrogens is 362 g/mol. The van der Waals surface area contributed by atoms with Crippen molar-refractivity contribution in [2.45, 2.75) is 18.9 Å². The molecular formula is C21H23NO6. The molecule has 0 radical (unpaired) electrons.